The van der Waals surface area contributed by atoms with Crippen LogP contribution < -0.4 is 5.48 Å². The van der Waals surface area contributed by atoms with Crippen molar-refractivity contribution in [3.05, 3.63) is 0 Å². The van der Waals surface area contributed by atoms with E-state index < -0.39 is 26.4 Å². The molecule has 0 unspecified atom stereocenters. The molecule has 9 nitrogen and oxygen atoms in total. The summed E-state index contributed by atoms with van der Waals surface area (Å²) in [6.45, 7) is 1.63. The monoisotopic (exact) mass is 276 g/mol. The maximum atomic E-state index is 11.2. The molecule has 0 aromatic rings. The smallest absolute Gasteiger partial charge is 0.314 e. The van der Waals surface area contributed by atoms with Gasteiger partial charge in [0, 0.05) is 7.05 Å². The molecule has 0 fully saturated rings. The van der Waals surface area contributed by atoms with E-state index >= 15 is 0 Å². The maximum absolute atomic E-state index is 11.2. The van der Waals surface area contributed by atoms with E-state index in [9.17, 15) is 21.6 Å². The lowest BCUT2D eigenvalue weighted by molar-refractivity contribution is 0.0538. The number of nitrogens with one attached hydrogen (secondary N) is 1. The highest BCUT2D eigenvalue weighted by Gasteiger charge is 2.30. The highest BCUT2D eigenvalue weighted by Crippen LogP contribution is 2.05. The Balaban J connectivity index is 4.66. The summed E-state index contributed by atoms with van der Waals surface area (Å²) in [5.74, 6) is 0. The molecule has 1 amide bonds. The molecule has 0 heterocycles. The number of hydrogen-bond acceptors (Lipinski definition) is 7. The van der Waals surface area contributed by atoms with E-state index in [2.05, 4.69) is 9.02 Å². The van der Waals surface area contributed by atoms with Crippen LogP contribution in [-0.4, -0.2) is 46.5 Å². The summed E-state index contributed by atoms with van der Waals surface area (Å²) in [6, 6.07) is 0. The Labute approximate surface area is 93.6 Å². The highest BCUT2D eigenvalue weighted by molar-refractivity contribution is 8.01. The van der Waals surface area contributed by atoms with Crippen molar-refractivity contribution in [3.8, 4) is 0 Å². The van der Waals surface area contributed by atoms with Gasteiger partial charge in [-0.2, -0.15) is 13.9 Å². The first kappa shape index (κ1) is 15.1. The molecule has 1 N–H and O–H groups in total. The lowest BCUT2D eigenvalue weighted by Gasteiger charge is -2.13. The molecule has 0 radical (unpaired) electrons. The third-order valence-corrected chi connectivity index (χ3v) is 4.55. The first-order chi connectivity index (χ1) is 7.11. The summed E-state index contributed by atoms with van der Waals surface area (Å²) in [4.78, 5) is 15.1. The van der Waals surface area contributed by atoms with E-state index in [1.807, 2.05) is 0 Å². The Kier molecular flexibility index (Phi) is 5.12. The molecule has 11 heteroatoms. The quantitative estimate of drug-likeness (QED) is 0.626. The third kappa shape index (κ3) is 4.74. The van der Waals surface area contributed by atoms with Crippen LogP contribution in [0.5, 0.6) is 0 Å². The van der Waals surface area contributed by atoms with Crippen LogP contribution in [0.3, 0.4) is 0 Å². The molecule has 0 saturated heterocycles. The Bertz CT molecular complexity index is 439. The number of carbonyl (C=O) groups is 1. The van der Waals surface area contributed by atoms with Crippen molar-refractivity contribution in [2.75, 3.05) is 19.9 Å². The molecule has 0 rings (SSSR count). The molecule has 0 spiro atoms. The second-order valence-corrected chi connectivity index (χ2v) is 6.32. The van der Waals surface area contributed by atoms with Gasteiger partial charge in [0.05, 0.1) is 12.9 Å². The number of carbonyl (C=O) groups excluding carboxylic acids is 1. The van der Waals surface area contributed by atoms with Crippen molar-refractivity contribution in [1.29, 1.82) is 0 Å². The third-order valence-electron chi connectivity index (χ3n) is 1.26. The molecule has 16 heavy (non-hydrogen) atoms. The minimum Gasteiger partial charge on any atom is -0.314 e. The minimum absolute atomic E-state index is 0.0779. The van der Waals surface area contributed by atoms with Crippen LogP contribution in [0.2, 0.25) is 0 Å². The Morgan fingerprint density at radius 2 is 1.81 bits per heavy atom. The van der Waals surface area contributed by atoms with Gasteiger partial charge in [-0.05, 0) is 6.92 Å². The SMILES string of the molecule is CCONC(=O)OS(=O)(=O)N(C)S(C)(=O)=O. The predicted molar refractivity (Wildman–Crippen MR) is 52.8 cm³/mol. The molecular formula is C5H12N2O7S2. The van der Waals surface area contributed by atoms with Gasteiger partial charge in [-0.25, -0.2) is 13.2 Å². The van der Waals surface area contributed by atoms with Gasteiger partial charge in [0.2, 0.25) is 10.0 Å². The van der Waals surface area contributed by atoms with Gasteiger partial charge >= 0.3 is 16.4 Å². The van der Waals surface area contributed by atoms with Crippen LogP contribution >= 0.6 is 0 Å². The molecule has 96 valence electrons. The highest BCUT2D eigenvalue weighted by atomic mass is 32.3. The van der Waals surface area contributed by atoms with Crippen LogP contribution in [0, 0.1) is 0 Å². The van der Waals surface area contributed by atoms with Crippen molar-refractivity contribution < 1.29 is 30.7 Å². The van der Waals surface area contributed by atoms with Gasteiger partial charge in [-0.15, -0.1) is 0 Å². The fraction of sp³-hybridized carbons (Fsp3) is 0.800. The topological polar surface area (TPSA) is 119 Å². The summed E-state index contributed by atoms with van der Waals surface area (Å²) in [6.07, 6.45) is -0.786. The number of rotatable bonds is 5. The van der Waals surface area contributed by atoms with E-state index in [0.717, 1.165) is 7.05 Å². The average molecular weight is 276 g/mol. The summed E-state index contributed by atoms with van der Waals surface area (Å²) < 4.78 is 47.9. The zero-order valence-electron chi connectivity index (χ0n) is 8.83. The second-order valence-electron chi connectivity index (χ2n) is 2.51. The second kappa shape index (κ2) is 5.43. The number of hydrogen-bond donors (Lipinski definition) is 1. The minimum atomic E-state index is -4.69. The Hall–Kier alpha value is -0.910. The standard InChI is InChI=1S/C5H12N2O7S2/c1-4-13-6-5(8)14-16(11,12)7(2)15(3,9)10/h4H2,1-3H3,(H,6,8). The molecular weight excluding hydrogens is 264 g/mol. The van der Waals surface area contributed by atoms with Crippen LogP contribution in [0.4, 0.5) is 4.79 Å². The molecule has 0 saturated carbocycles. The maximum Gasteiger partial charge on any atom is 0.447 e. The molecule has 0 aromatic carbocycles. The summed E-state index contributed by atoms with van der Waals surface area (Å²) in [7, 11) is -7.99. The molecule has 0 atom stereocenters. The van der Waals surface area contributed by atoms with Gasteiger partial charge in [-0.3, -0.25) is 4.84 Å². The van der Waals surface area contributed by atoms with Gasteiger partial charge in [0.15, 0.2) is 0 Å². The van der Waals surface area contributed by atoms with Crippen molar-refractivity contribution in [1.82, 2.24) is 9.19 Å². The average Bonchev–Trinajstić information content (AvgIpc) is 2.11. The molecule has 0 aliphatic rings. The van der Waals surface area contributed by atoms with Crippen LogP contribution in [0.25, 0.3) is 0 Å². The zero-order chi connectivity index (χ0) is 13.0. The van der Waals surface area contributed by atoms with E-state index in [4.69, 9.17) is 0 Å². The summed E-state index contributed by atoms with van der Waals surface area (Å²) >= 11 is 0. The van der Waals surface area contributed by atoms with E-state index in [-0.39, 0.29) is 10.3 Å². The van der Waals surface area contributed by atoms with Crippen LogP contribution in [-0.2, 0) is 29.3 Å². The molecule has 0 aliphatic heterocycles. The van der Waals surface area contributed by atoms with Crippen molar-refractivity contribution >= 4 is 26.4 Å². The van der Waals surface area contributed by atoms with Crippen molar-refractivity contribution in [2.24, 2.45) is 0 Å². The van der Waals surface area contributed by atoms with Crippen LogP contribution in [0.15, 0.2) is 0 Å². The molecule has 0 aromatic heterocycles. The predicted octanol–water partition coefficient (Wildman–Crippen LogP) is -1.20. The number of amides is 1. The van der Waals surface area contributed by atoms with Gasteiger partial charge < -0.3 is 4.18 Å². The first-order valence-corrected chi connectivity index (χ1v) is 7.13. The fourth-order valence-corrected chi connectivity index (χ4v) is 2.21. The lowest BCUT2D eigenvalue weighted by atomic mass is 10.9. The Morgan fingerprint density at radius 3 is 2.19 bits per heavy atom. The summed E-state index contributed by atoms with van der Waals surface area (Å²) in [5, 5.41) is 0. The normalized spacial score (nSPS) is 12.5. The molecule has 0 bridgehead atoms. The van der Waals surface area contributed by atoms with Gasteiger partial charge in [-0.1, -0.05) is 3.71 Å². The van der Waals surface area contributed by atoms with Gasteiger partial charge in [0.25, 0.3) is 0 Å². The van der Waals surface area contributed by atoms with Gasteiger partial charge in [0.1, 0.15) is 0 Å². The van der Waals surface area contributed by atoms with E-state index in [0.29, 0.717) is 6.26 Å². The first-order valence-electron chi connectivity index (χ1n) is 3.91. The Morgan fingerprint density at radius 1 is 1.31 bits per heavy atom. The molecule has 0 aliphatic carbocycles. The number of hydroxylamine groups is 1. The van der Waals surface area contributed by atoms with E-state index in [1.165, 1.54) is 6.92 Å². The fourth-order valence-electron chi connectivity index (χ4n) is 0.462. The van der Waals surface area contributed by atoms with Crippen molar-refractivity contribution in [2.45, 2.75) is 6.92 Å². The van der Waals surface area contributed by atoms with Crippen LogP contribution in [0.1, 0.15) is 6.92 Å². The van der Waals surface area contributed by atoms with E-state index in [1.54, 1.807) is 5.48 Å². The zero-order valence-corrected chi connectivity index (χ0v) is 10.5. The number of sulfonamides is 1. The van der Waals surface area contributed by atoms with Crippen molar-refractivity contribution in [3.63, 3.8) is 0 Å². The summed E-state index contributed by atoms with van der Waals surface area (Å²) in [5.41, 5.74) is 1.63. The lowest BCUT2D eigenvalue weighted by Crippen LogP contribution is -2.37. The number of nitrogens with zero attached hydrogens (tertiary/aromatic N) is 1. The largest absolute Gasteiger partial charge is 0.447 e.